The normalized spacial score (nSPS) is 16.9. The van der Waals surface area contributed by atoms with E-state index in [0.717, 1.165) is 5.01 Å². The van der Waals surface area contributed by atoms with Gasteiger partial charge in [0.05, 0.1) is 18.8 Å². The Bertz CT molecular complexity index is 839. The molecule has 9 heteroatoms. The van der Waals surface area contributed by atoms with Crippen LogP contribution in [0.3, 0.4) is 0 Å². The predicted octanol–water partition coefficient (Wildman–Crippen LogP) is 2.93. The molecule has 1 saturated heterocycles. The van der Waals surface area contributed by atoms with Crippen LogP contribution in [0.4, 0.5) is 14.9 Å². The molecular weight excluding hydrogens is 359 g/mol. The fourth-order valence-corrected chi connectivity index (χ4v) is 3.39. The van der Waals surface area contributed by atoms with Gasteiger partial charge in [-0.2, -0.15) is 0 Å². The predicted molar refractivity (Wildman–Crippen MR) is 95.7 cm³/mol. The van der Waals surface area contributed by atoms with Crippen molar-refractivity contribution in [3.8, 4) is 10.6 Å². The van der Waals surface area contributed by atoms with Crippen LogP contribution in [-0.4, -0.2) is 41.4 Å². The SMILES string of the molecule is CC(=O)NCC1CN(c2ccc(-c3nnc(C(C)C)s3)c(F)c2)C(=O)O1. The number of halogens is 1. The van der Waals surface area contributed by atoms with Crippen molar-refractivity contribution >= 4 is 29.0 Å². The number of amides is 2. The molecule has 0 bridgehead atoms. The molecule has 1 N–H and O–H groups in total. The highest BCUT2D eigenvalue weighted by atomic mass is 32.1. The first-order valence-corrected chi connectivity index (χ1v) is 9.02. The average molecular weight is 378 g/mol. The van der Waals surface area contributed by atoms with Crippen molar-refractivity contribution in [1.82, 2.24) is 15.5 Å². The number of ether oxygens (including phenoxy) is 1. The second-order valence-electron chi connectivity index (χ2n) is 6.32. The summed E-state index contributed by atoms with van der Waals surface area (Å²) in [5.41, 5.74) is 0.746. The summed E-state index contributed by atoms with van der Waals surface area (Å²) >= 11 is 1.35. The zero-order valence-electron chi connectivity index (χ0n) is 14.7. The van der Waals surface area contributed by atoms with Crippen LogP contribution < -0.4 is 10.2 Å². The summed E-state index contributed by atoms with van der Waals surface area (Å²) in [4.78, 5) is 24.3. The van der Waals surface area contributed by atoms with Gasteiger partial charge in [0, 0.05) is 18.4 Å². The highest BCUT2D eigenvalue weighted by Crippen LogP contribution is 2.32. The van der Waals surface area contributed by atoms with Gasteiger partial charge < -0.3 is 10.1 Å². The summed E-state index contributed by atoms with van der Waals surface area (Å²) < 4.78 is 19.8. The van der Waals surface area contributed by atoms with Crippen molar-refractivity contribution in [3.63, 3.8) is 0 Å². The Morgan fingerprint density at radius 3 is 2.85 bits per heavy atom. The molecule has 0 aliphatic carbocycles. The maximum Gasteiger partial charge on any atom is 0.414 e. The molecule has 3 rings (SSSR count). The number of carbonyl (C=O) groups excluding carboxylic acids is 2. The third kappa shape index (κ3) is 3.82. The molecule has 0 radical (unpaired) electrons. The Hall–Kier alpha value is -2.55. The van der Waals surface area contributed by atoms with E-state index >= 15 is 0 Å². The molecule has 26 heavy (non-hydrogen) atoms. The minimum atomic E-state index is -0.564. The summed E-state index contributed by atoms with van der Waals surface area (Å²) in [5.74, 6) is -0.455. The Morgan fingerprint density at radius 2 is 2.23 bits per heavy atom. The van der Waals surface area contributed by atoms with Crippen LogP contribution in [0.15, 0.2) is 18.2 Å². The molecular formula is C17H19FN4O3S. The molecule has 1 aliphatic rings. The third-order valence-electron chi connectivity index (χ3n) is 3.88. The maximum absolute atomic E-state index is 14.6. The van der Waals surface area contributed by atoms with Crippen molar-refractivity contribution in [1.29, 1.82) is 0 Å². The van der Waals surface area contributed by atoms with Crippen molar-refractivity contribution in [2.24, 2.45) is 0 Å². The molecule has 0 saturated carbocycles. The van der Waals surface area contributed by atoms with Gasteiger partial charge >= 0.3 is 6.09 Å². The van der Waals surface area contributed by atoms with E-state index in [-0.39, 0.29) is 24.9 Å². The molecule has 1 aliphatic heterocycles. The van der Waals surface area contributed by atoms with Crippen LogP contribution in [0.25, 0.3) is 10.6 Å². The number of carbonyl (C=O) groups is 2. The smallest absolute Gasteiger partial charge is 0.414 e. The van der Waals surface area contributed by atoms with Crippen molar-refractivity contribution < 1.29 is 18.7 Å². The monoisotopic (exact) mass is 378 g/mol. The minimum Gasteiger partial charge on any atom is -0.442 e. The molecule has 1 aromatic carbocycles. The quantitative estimate of drug-likeness (QED) is 0.865. The molecule has 2 heterocycles. The average Bonchev–Trinajstić information content (AvgIpc) is 3.20. The molecule has 1 atom stereocenters. The molecule has 7 nitrogen and oxygen atoms in total. The van der Waals surface area contributed by atoms with Gasteiger partial charge in [-0.15, -0.1) is 10.2 Å². The number of cyclic esters (lactones) is 1. The summed E-state index contributed by atoms with van der Waals surface area (Å²) in [6.07, 6.45) is -1.03. The maximum atomic E-state index is 14.6. The van der Waals surface area contributed by atoms with Gasteiger partial charge in [0.2, 0.25) is 5.91 Å². The molecule has 1 aromatic heterocycles. The van der Waals surface area contributed by atoms with Crippen molar-refractivity contribution in [2.75, 3.05) is 18.0 Å². The Labute approximate surface area is 154 Å². The van der Waals surface area contributed by atoms with Crippen LogP contribution in [-0.2, 0) is 9.53 Å². The lowest BCUT2D eigenvalue weighted by Gasteiger charge is -2.14. The number of rotatable bonds is 5. The number of hydrogen-bond acceptors (Lipinski definition) is 6. The number of nitrogens with one attached hydrogen (secondary N) is 1. The van der Waals surface area contributed by atoms with Crippen LogP contribution in [0.2, 0.25) is 0 Å². The molecule has 138 valence electrons. The summed E-state index contributed by atoms with van der Waals surface area (Å²) in [6.45, 7) is 5.86. The van der Waals surface area contributed by atoms with E-state index in [4.69, 9.17) is 4.74 Å². The van der Waals surface area contributed by atoms with E-state index in [2.05, 4.69) is 15.5 Å². The summed E-state index contributed by atoms with van der Waals surface area (Å²) in [5, 5.41) is 12.1. The second-order valence-corrected chi connectivity index (χ2v) is 7.33. The van der Waals surface area contributed by atoms with Gasteiger partial charge in [0.25, 0.3) is 0 Å². The minimum absolute atomic E-state index is 0.201. The largest absolute Gasteiger partial charge is 0.442 e. The van der Waals surface area contributed by atoms with Gasteiger partial charge in [0.1, 0.15) is 16.9 Å². The first-order valence-electron chi connectivity index (χ1n) is 8.21. The number of anilines is 1. The number of nitrogens with zero attached hydrogens (tertiary/aromatic N) is 3. The lowest BCUT2D eigenvalue weighted by Crippen LogP contribution is -2.33. The summed E-state index contributed by atoms with van der Waals surface area (Å²) in [7, 11) is 0. The highest BCUT2D eigenvalue weighted by Gasteiger charge is 2.32. The van der Waals surface area contributed by atoms with E-state index in [1.165, 1.54) is 29.2 Å². The van der Waals surface area contributed by atoms with Crippen LogP contribution in [0.5, 0.6) is 0 Å². The van der Waals surface area contributed by atoms with E-state index < -0.39 is 18.0 Å². The molecule has 1 fully saturated rings. The zero-order valence-corrected chi connectivity index (χ0v) is 15.5. The van der Waals surface area contributed by atoms with Crippen molar-refractivity contribution in [2.45, 2.75) is 32.8 Å². The van der Waals surface area contributed by atoms with Crippen molar-refractivity contribution in [3.05, 3.63) is 29.0 Å². The second kappa shape index (κ2) is 7.36. The van der Waals surface area contributed by atoms with E-state index in [1.807, 2.05) is 13.8 Å². The summed E-state index contributed by atoms with van der Waals surface area (Å²) in [6, 6.07) is 4.52. The number of benzene rings is 1. The van der Waals surface area contributed by atoms with Gasteiger partial charge in [-0.3, -0.25) is 9.69 Å². The lowest BCUT2D eigenvalue weighted by molar-refractivity contribution is -0.119. The Morgan fingerprint density at radius 1 is 1.46 bits per heavy atom. The topological polar surface area (TPSA) is 84.4 Å². The first kappa shape index (κ1) is 18.2. The fraction of sp³-hybridized carbons (Fsp3) is 0.412. The molecule has 0 spiro atoms. The van der Waals surface area contributed by atoms with E-state index in [1.54, 1.807) is 12.1 Å². The Balaban J connectivity index is 1.76. The zero-order chi connectivity index (χ0) is 18.8. The molecule has 1 unspecified atom stereocenters. The third-order valence-corrected chi connectivity index (χ3v) is 5.14. The van der Waals surface area contributed by atoms with E-state index in [0.29, 0.717) is 16.3 Å². The standard InChI is InChI=1S/C17H19FN4O3S/c1-9(2)15-20-21-16(26-15)13-5-4-11(6-14(13)18)22-8-12(25-17(22)24)7-19-10(3)23/h4-6,9,12H,7-8H2,1-3H3,(H,19,23). The molecule has 2 amide bonds. The van der Waals surface area contributed by atoms with Gasteiger partial charge in [0.15, 0.2) is 5.01 Å². The molecule has 2 aromatic rings. The first-order chi connectivity index (χ1) is 12.3. The lowest BCUT2D eigenvalue weighted by atomic mass is 10.2. The number of aromatic nitrogens is 2. The van der Waals surface area contributed by atoms with E-state index in [9.17, 15) is 14.0 Å². The van der Waals surface area contributed by atoms with Crippen LogP contribution in [0, 0.1) is 5.82 Å². The number of hydrogen-bond donors (Lipinski definition) is 1. The van der Waals surface area contributed by atoms with Crippen LogP contribution in [0.1, 0.15) is 31.7 Å². The Kier molecular flexibility index (Phi) is 5.17. The van der Waals surface area contributed by atoms with Gasteiger partial charge in [-0.25, -0.2) is 9.18 Å². The highest BCUT2D eigenvalue weighted by molar-refractivity contribution is 7.14. The van der Waals surface area contributed by atoms with Crippen LogP contribution >= 0.6 is 11.3 Å². The fourth-order valence-electron chi connectivity index (χ4n) is 2.52. The van der Waals surface area contributed by atoms with Gasteiger partial charge in [-0.1, -0.05) is 25.2 Å². The van der Waals surface area contributed by atoms with Gasteiger partial charge in [-0.05, 0) is 18.2 Å².